The van der Waals surface area contributed by atoms with E-state index in [1.54, 1.807) is 18.2 Å². The van der Waals surface area contributed by atoms with Crippen molar-refractivity contribution < 1.29 is 27.4 Å². The Labute approximate surface area is 187 Å². The van der Waals surface area contributed by atoms with Crippen LogP contribution in [0.25, 0.3) is 10.8 Å². The van der Waals surface area contributed by atoms with E-state index in [1.165, 1.54) is 6.42 Å². The summed E-state index contributed by atoms with van der Waals surface area (Å²) in [7, 11) is -3.76. The van der Waals surface area contributed by atoms with Crippen LogP contribution in [0.1, 0.15) is 32.1 Å². The molecule has 2 aliphatic heterocycles. The molecule has 1 amide bonds. The molecule has 0 unspecified atom stereocenters. The highest BCUT2D eigenvalue weighted by molar-refractivity contribution is 7.89. The van der Waals surface area contributed by atoms with E-state index in [1.807, 2.05) is 24.3 Å². The van der Waals surface area contributed by atoms with Gasteiger partial charge in [-0.1, -0.05) is 49.6 Å². The van der Waals surface area contributed by atoms with Gasteiger partial charge in [0.15, 0.2) is 6.10 Å². The number of hydrogen-bond donors (Lipinski definition) is 2. The number of ether oxygens (including phenoxy) is 3. The second-order valence-corrected chi connectivity index (χ2v) is 10.5. The first-order chi connectivity index (χ1) is 15.5. The summed E-state index contributed by atoms with van der Waals surface area (Å²) in [6, 6.07) is 12.2. The highest BCUT2D eigenvalue weighted by Gasteiger charge is 2.50. The molecule has 2 aromatic rings. The lowest BCUT2D eigenvalue weighted by atomic mass is 9.96. The van der Waals surface area contributed by atoms with Crippen LogP contribution in [-0.2, 0) is 24.2 Å². The number of fused-ring (bicyclic) bond motifs is 2. The highest BCUT2D eigenvalue weighted by Crippen LogP contribution is 2.30. The van der Waals surface area contributed by atoms with Crippen molar-refractivity contribution in [3.05, 3.63) is 42.5 Å². The summed E-state index contributed by atoms with van der Waals surface area (Å²) in [5.74, 6) is 0. The molecule has 2 saturated heterocycles. The van der Waals surface area contributed by atoms with Gasteiger partial charge in [0.25, 0.3) is 0 Å². The van der Waals surface area contributed by atoms with Crippen LogP contribution in [0.3, 0.4) is 0 Å². The molecule has 5 rings (SSSR count). The molecule has 0 radical (unpaired) electrons. The van der Waals surface area contributed by atoms with Crippen molar-refractivity contribution in [2.75, 3.05) is 13.2 Å². The molecule has 0 aromatic heterocycles. The smallest absolute Gasteiger partial charge is 0.407 e. The Bertz CT molecular complexity index is 1080. The minimum atomic E-state index is -3.76. The first kappa shape index (κ1) is 21.6. The Morgan fingerprint density at radius 2 is 1.69 bits per heavy atom. The third-order valence-corrected chi connectivity index (χ3v) is 8.02. The Balaban J connectivity index is 1.20. The number of alkyl carbamates (subject to hydrolysis) is 1. The molecule has 1 saturated carbocycles. The van der Waals surface area contributed by atoms with Crippen molar-refractivity contribution >= 4 is 26.9 Å². The fourth-order valence-corrected chi connectivity index (χ4v) is 6.12. The van der Waals surface area contributed by atoms with Crippen LogP contribution in [-0.4, -0.2) is 58.1 Å². The predicted molar refractivity (Wildman–Crippen MR) is 118 cm³/mol. The Morgan fingerprint density at radius 3 is 2.50 bits per heavy atom. The van der Waals surface area contributed by atoms with Crippen LogP contribution >= 0.6 is 0 Å². The molecular weight excluding hydrogens is 432 g/mol. The van der Waals surface area contributed by atoms with Gasteiger partial charge in [-0.25, -0.2) is 17.9 Å². The molecule has 2 heterocycles. The van der Waals surface area contributed by atoms with Gasteiger partial charge in [0, 0.05) is 6.04 Å². The predicted octanol–water partition coefficient (Wildman–Crippen LogP) is 2.71. The van der Waals surface area contributed by atoms with Crippen LogP contribution in [0.15, 0.2) is 47.4 Å². The number of benzene rings is 2. The average molecular weight is 461 g/mol. The summed E-state index contributed by atoms with van der Waals surface area (Å²) >= 11 is 0. The van der Waals surface area contributed by atoms with Gasteiger partial charge < -0.3 is 19.5 Å². The van der Waals surface area contributed by atoms with Gasteiger partial charge in [0.1, 0.15) is 12.2 Å². The fourth-order valence-electron chi connectivity index (χ4n) is 4.85. The maximum Gasteiger partial charge on any atom is 0.407 e. The normalized spacial score (nSPS) is 28.5. The standard InChI is InChI=1S/C23H28N2O6S/c26-23(24-17-8-2-1-3-9-17)31-20-14-30-21-19(13-29-22(20)21)25-32(27,28)18-11-10-15-6-4-5-7-16(15)12-18/h4-7,10-12,17,19-22,25H,1-3,8-9,13-14H2,(H,24,26)/t19-,20-,21-,22+/m1/s1. The van der Waals surface area contributed by atoms with Crippen LogP contribution in [0.4, 0.5) is 4.79 Å². The average Bonchev–Trinajstić information content (AvgIpc) is 3.37. The van der Waals surface area contributed by atoms with Crippen molar-refractivity contribution in [1.29, 1.82) is 0 Å². The third kappa shape index (κ3) is 4.47. The van der Waals surface area contributed by atoms with Crippen molar-refractivity contribution in [3.63, 3.8) is 0 Å². The maximum absolute atomic E-state index is 13.0. The van der Waals surface area contributed by atoms with E-state index in [9.17, 15) is 13.2 Å². The molecule has 2 aromatic carbocycles. The summed E-state index contributed by atoms with van der Waals surface area (Å²) in [6.07, 6.45) is 3.37. The molecule has 0 spiro atoms. The quantitative estimate of drug-likeness (QED) is 0.711. The van der Waals surface area contributed by atoms with E-state index < -0.39 is 40.5 Å². The van der Waals surface area contributed by atoms with Crippen LogP contribution in [0.5, 0.6) is 0 Å². The number of hydrogen-bond acceptors (Lipinski definition) is 6. The van der Waals surface area contributed by atoms with Gasteiger partial charge in [-0.2, -0.15) is 0 Å². The minimum absolute atomic E-state index is 0.153. The largest absolute Gasteiger partial charge is 0.441 e. The van der Waals surface area contributed by atoms with Crippen LogP contribution in [0.2, 0.25) is 0 Å². The van der Waals surface area contributed by atoms with Gasteiger partial charge in [0.05, 0.1) is 24.2 Å². The van der Waals surface area contributed by atoms with E-state index >= 15 is 0 Å². The monoisotopic (exact) mass is 460 g/mol. The number of nitrogens with one attached hydrogen (secondary N) is 2. The second kappa shape index (κ2) is 8.97. The van der Waals surface area contributed by atoms with E-state index in [-0.39, 0.29) is 24.2 Å². The summed E-state index contributed by atoms with van der Waals surface area (Å²) in [5, 5.41) is 4.75. The highest BCUT2D eigenvalue weighted by atomic mass is 32.2. The maximum atomic E-state index is 13.0. The van der Waals surface area contributed by atoms with Gasteiger partial charge in [-0.05, 0) is 35.7 Å². The van der Waals surface area contributed by atoms with Gasteiger partial charge in [-0.3, -0.25) is 0 Å². The lowest BCUT2D eigenvalue weighted by molar-refractivity contribution is 0.00281. The van der Waals surface area contributed by atoms with Gasteiger partial charge in [0.2, 0.25) is 10.0 Å². The van der Waals surface area contributed by atoms with Crippen molar-refractivity contribution in [1.82, 2.24) is 10.0 Å². The molecule has 3 fully saturated rings. The molecule has 9 heteroatoms. The zero-order valence-electron chi connectivity index (χ0n) is 17.7. The van der Waals surface area contributed by atoms with E-state index in [4.69, 9.17) is 14.2 Å². The Hall–Kier alpha value is -2.20. The lowest BCUT2D eigenvalue weighted by Crippen LogP contribution is -2.45. The van der Waals surface area contributed by atoms with Crippen LogP contribution < -0.4 is 10.0 Å². The molecule has 4 atom stereocenters. The van der Waals surface area contributed by atoms with Gasteiger partial charge >= 0.3 is 6.09 Å². The fraction of sp³-hybridized carbons (Fsp3) is 0.522. The molecule has 32 heavy (non-hydrogen) atoms. The molecule has 3 aliphatic rings. The Morgan fingerprint density at radius 1 is 0.938 bits per heavy atom. The topological polar surface area (TPSA) is 103 Å². The summed E-state index contributed by atoms with van der Waals surface area (Å²) in [5.41, 5.74) is 0. The zero-order valence-corrected chi connectivity index (χ0v) is 18.6. The van der Waals surface area contributed by atoms with E-state index in [0.29, 0.717) is 0 Å². The first-order valence-corrected chi connectivity index (χ1v) is 12.7. The number of amides is 1. The van der Waals surface area contributed by atoms with Crippen molar-refractivity contribution in [3.8, 4) is 0 Å². The van der Waals surface area contributed by atoms with Crippen molar-refractivity contribution in [2.45, 2.75) is 67.4 Å². The second-order valence-electron chi connectivity index (χ2n) is 8.76. The molecule has 1 aliphatic carbocycles. The third-order valence-electron chi connectivity index (χ3n) is 6.53. The molecule has 0 bridgehead atoms. The zero-order chi connectivity index (χ0) is 22.1. The molecule has 172 valence electrons. The van der Waals surface area contributed by atoms with E-state index in [2.05, 4.69) is 10.0 Å². The summed E-state index contributed by atoms with van der Waals surface area (Å²) < 4.78 is 45.8. The van der Waals surface area contributed by atoms with Gasteiger partial charge in [-0.15, -0.1) is 0 Å². The van der Waals surface area contributed by atoms with E-state index in [0.717, 1.165) is 36.5 Å². The number of carbonyl (C=O) groups is 1. The Kier molecular flexibility index (Phi) is 6.07. The summed E-state index contributed by atoms with van der Waals surface area (Å²) in [6.45, 7) is 0.341. The minimum Gasteiger partial charge on any atom is -0.441 e. The lowest BCUT2D eigenvalue weighted by Gasteiger charge is -2.24. The molecular formula is C23H28N2O6S. The number of sulfonamides is 1. The number of carbonyl (C=O) groups excluding carboxylic acids is 1. The van der Waals surface area contributed by atoms with Crippen molar-refractivity contribution in [2.24, 2.45) is 0 Å². The number of rotatable bonds is 5. The van der Waals surface area contributed by atoms with Crippen LogP contribution in [0, 0.1) is 0 Å². The first-order valence-electron chi connectivity index (χ1n) is 11.2. The summed E-state index contributed by atoms with van der Waals surface area (Å²) in [4.78, 5) is 12.5. The molecule has 8 nitrogen and oxygen atoms in total. The SMILES string of the molecule is O=C(NC1CCCCC1)O[C@@H]1CO[C@H]2[C@H]1OC[C@H]2NS(=O)(=O)c1ccc2ccccc2c1. The molecule has 2 N–H and O–H groups in total.